The van der Waals surface area contributed by atoms with E-state index in [4.69, 9.17) is 14.2 Å². The molecule has 4 aliphatic rings. The maximum absolute atomic E-state index is 15.8. The van der Waals surface area contributed by atoms with Crippen LogP contribution >= 0.6 is 0 Å². The average molecular weight is 816 g/mol. The molecule has 5 aromatic rings. The number of ether oxygens (including phenoxy) is 3. The molecule has 0 saturated carbocycles. The Kier molecular flexibility index (Phi) is 11.3. The van der Waals surface area contributed by atoms with E-state index in [1.54, 1.807) is 7.11 Å². The number of amides is 2. The summed E-state index contributed by atoms with van der Waals surface area (Å²) >= 11 is 0. The van der Waals surface area contributed by atoms with Gasteiger partial charge >= 0.3 is 5.97 Å². The molecule has 10 nitrogen and oxygen atoms in total. The lowest BCUT2D eigenvalue weighted by atomic mass is 9.65. The minimum absolute atomic E-state index is 0.115. The number of anilines is 1. The van der Waals surface area contributed by atoms with Gasteiger partial charge in [0.05, 0.1) is 31.7 Å². The van der Waals surface area contributed by atoms with Gasteiger partial charge in [-0.3, -0.25) is 19.3 Å². The van der Waals surface area contributed by atoms with Crippen LogP contribution in [0.3, 0.4) is 0 Å². The topological polar surface area (TPSA) is 118 Å². The third-order valence-corrected chi connectivity index (χ3v) is 12.7. The molecule has 2 amide bonds. The molecule has 2 N–H and O–H groups in total. The molecule has 0 aliphatic carbocycles. The van der Waals surface area contributed by atoms with Crippen LogP contribution in [0.15, 0.2) is 127 Å². The monoisotopic (exact) mass is 815 g/mol. The summed E-state index contributed by atoms with van der Waals surface area (Å²) in [6, 6.07) is 37.7. The molecule has 3 fully saturated rings. The third kappa shape index (κ3) is 7.32. The van der Waals surface area contributed by atoms with Crippen molar-refractivity contribution < 1.29 is 33.7 Å². The Bertz CT molecular complexity index is 2440. The molecule has 0 unspecified atom stereocenters. The van der Waals surface area contributed by atoms with E-state index >= 15 is 14.4 Å². The van der Waals surface area contributed by atoms with Crippen molar-refractivity contribution in [3.8, 4) is 23.3 Å². The fourth-order valence-electron chi connectivity index (χ4n) is 10.0. The highest BCUT2D eigenvalue weighted by Crippen LogP contribution is 2.65. The van der Waals surface area contributed by atoms with E-state index in [0.717, 1.165) is 60.1 Å². The lowest BCUT2D eigenvalue weighted by Crippen LogP contribution is -2.55. The number of aliphatic hydroxyl groups excluding tert-OH is 1. The fraction of sp³-hybridized carbons (Fsp3) is 0.314. The fourth-order valence-corrected chi connectivity index (χ4v) is 10.0. The van der Waals surface area contributed by atoms with E-state index in [1.165, 1.54) is 0 Å². The van der Waals surface area contributed by atoms with Gasteiger partial charge < -0.3 is 29.5 Å². The number of benzene rings is 5. The highest BCUT2D eigenvalue weighted by atomic mass is 16.6. The van der Waals surface area contributed by atoms with E-state index in [9.17, 15) is 5.11 Å². The van der Waals surface area contributed by atoms with Gasteiger partial charge in [0.25, 0.3) is 0 Å². The molecule has 9 rings (SSSR count). The zero-order valence-electron chi connectivity index (χ0n) is 34.2. The summed E-state index contributed by atoms with van der Waals surface area (Å²) in [5.74, 6) is 5.55. The number of esters is 1. The summed E-state index contributed by atoms with van der Waals surface area (Å²) in [6.07, 6.45) is 4.01. The highest BCUT2D eigenvalue weighted by Gasteiger charge is 2.74. The van der Waals surface area contributed by atoms with Crippen LogP contribution in [-0.4, -0.2) is 72.1 Å². The number of hydrogen-bond donors (Lipinski definition) is 2. The number of carbonyl (C=O) groups is 3. The predicted molar refractivity (Wildman–Crippen MR) is 231 cm³/mol. The van der Waals surface area contributed by atoms with Crippen LogP contribution in [0.2, 0.25) is 0 Å². The van der Waals surface area contributed by atoms with E-state index in [-0.39, 0.29) is 25.0 Å². The standard InChI is InChI=1S/C51H49N3O7/c1-59-39-24-19-34(20-25-39)17-18-35-21-28-42-41(33-35)51(50(58)52-42)43(48(56)53-29-11-3-2-4-12-30-53)45-49(57)61-46(37-15-9-6-10-16-37)44(36-13-7-5-8-14-36)54(45)47(51)38-22-26-40(27-23-38)60-32-31-55/h5-10,13-16,19-28,33,43-47,55H,2-4,11-12,29-32H2,1H3,(H,52,58)/t43-,44-,45-,46+,47+,51-/m0/s1. The summed E-state index contributed by atoms with van der Waals surface area (Å²) in [5, 5.41) is 12.7. The van der Waals surface area contributed by atoms with E-state index in [2.05, 4.69) is 22.1 Å². The number of rotatable bonds is 8. The van der Waals surface area contributed by atoms with Crippen molar-refractivity contribution in [2.75, 3.05) is 38.7 Å². The van der Waals surface area contributed by atoms with Crippen LogP contribution in [0.1, 0.15) is 83.7 Å². The quantitative estimate of drug-likeness (QED) is 0.122. The van der Waals surface area contributed by atoms with Gasteiger partial charge in [-0.05, 0) is 89.7 Å². The summed E-state index contributed by atoms with van der Waals surface area (Å²) in [5.41, 5.74) is 3.43. The SMILES string of the molecule is COc1ccc(C#Cc2ccc3c(c2)[C@]2(C(=O)N3)[C@H](C(=O)N3CCCCCCC3)[C@H]3C(=O)O[C@H](c4ccccc4)[C@H](c4ccccc4)N3[C@@H]2c2ccc(OCCO)cc2)cc1. The second-order valence-electron chi connectivity index (χ2n) is 16.2. The van der Waals surface area contributed by atoms with Gasteiger partial charge in [0, 0.05) is 29.9 Å². The number of methoxy groups -OCH3 is 1. The number of likely N-dealkylation sites (tertiary alicyclic amines) is 1. The van der Waals surface area contributed by atoms with E-state index < -0.39 is 41.5 Å². The molecule has 0 aromatic heterocycles. The second kappa shape index (κ2) is 17.3. The molecule has 1 spiro atoms. The van der Waals surface area contributed by atoms with Crippen molar-refractivity contribution in [1.29, 1.82) is 0 Å². The Morgan fingerprint density at radius 1 is 0.754 bits per heavy atom. The normalized spacial score (nSPS) is 24.6. The van der Waals surface area contributed by atoms with Crippen molar-refractivity contribution in [3.63, 3.8) is 0 Å². The van der Waals surface area contributed by atoms with Crippen LogP contribution in [-0.2, 0) is 24.5 Å². The first-order chi connectivity index (χ1) is 29.9. The largest absolute Gasteiger partial charge is 0.497 e. The number of hydrogen-bond acceptors (Lipinski definition) is 8. The minimum Gasteiger partial charge on any atom is -0.497 e. The minimum atomic E-state index is -1.61. The van der Waals surface area contributed by atoms with Gasteiger partial charge in [-0.15, -0.1) is 0 Å². The highest BCUT2D eigenvalue weighted by molar-refractivity contribution is 6.12. The van der Waals surface area contributed by atoms with Gasteiger partial charge in [-0.25, -0.2) is 0 Å². The number of cyclic esters (lactones) is 1. The first-order valence-electron chi connectivity index (χ1n) is 21.2. The second-order valence-corrected chi connectivity index (χ2v) is 16.2. The molecule has 0 radical (unpaired) electrons. The van der Waals surface area contributed by atoms with Crippen molar-refractivity contribution in [2.45, 2.75) is 61.7 Å². The Hall–Kier alpha value is -6.41. The Morgan fingerprint density at radius 2 is 1.38 bits per heavy atom. The predicted octanol–water partition coefficient (Wildman–Crippen LogP) is 7.53. The van der Waals surface area contributed by atoms with Crippen LogP contribution < -0.4 is 14.8 Å². The number of fused-ring (bicyclic) bond motifs is 3. The van der Waals surface area contributed by atoms with E-state index in [1.807, 2.05) is 132 Å². The van der Waals surface area contributed by atoms with Crippen LogP contribution in [0.5, 0.6) is 11.5 Å². The molecule has 0 bridgehead atoms. The lowest BCUT2D eigenvalue weighted by molar-refractivity contribution is -0.179. The van der Waals surface area contributed by atoms with Gasteiger partial charge in [-0.2, -0.15) is 0 Å². The van der Waals surface area contributed by atoms with E-state index in [0.29, 0.717) is 35.7 Å². The molecule has 10 heteroatoms. The maximum Gasteiger partial charge on any atom is 0.324 e. The van der Waals surface area contributed by atoms with Crippen molar-refractivity contribution >= 4 is 23.5 Å². The van der Waals surface area contributed by atoms with Crippen LogP contribution in [0.4, 0.5) is 5.69 Å². The molecule has 61 heavy (non-hydrogen) atoms. The molecule has 310 valence electrons. The first-order valence-corrected chi connectivity index (χ1v) is 21.2. The zero-order valence-corrected chi connectivity index (χ0v) is 34.2. The summed E-state index contributed by atoms with van der Waals surface area (Å²) < 4.78 is 17.8. The zero-order chi connectivity index (χ0) is 41.9. The van der Waals surface area contributed by atoms with Crippen molar-refractivity contribution in [3.05, 3.63) is 161 Å². The molecule has 3 saturated heterocycles. The molecule has 4 heterocycles. The third-order valence-electron chi connectivity index (χ3n) is 12.7. The number of morpholine rings is 1. The molecule has 4 aliphatic heterocycles. The van der Waals surface area contributed by atoms with Gasteiger partial charge in [-0.1, -0.05) is 104 Å². The average Bonchev–Trinajstić information content (AvgIpc) is 3.76. The maximum atomic E-state index is 15.8. The summed E-state index contributed by atoms with van der Waals surface area (Å²) in [7, 11) is 1.62. The van der Waals surface area contributed by atoms with Crippen LogP contribution in [0, 0.1) is 17.8 Å². The van der Waals surface area contributed by atoms with Crippen LogP contribution in [0.25, 0.3) is 0 Å². The molecule has 5 aromatic carbocycles. The Balaban J connectivity index is 1.30. The number of aliphatic hydroxyl groups is 1. The van der Waals surface area contributed by atoms with Gasteiger partial charge in [0.15, 0.2) is 0 Å². The Labute approximate surface area is 356 Å². The van der Waals surface area contributed by atoms with Gasteiger partial charge in [0.2, 0.25) is 11.8 Å². The summed E-state index contributed by atoms with van der Waals surface area (Å²) in [6.45, 7) is 1.03. The lowest BCUT2D eigenvalue weighted by Gasteiger charge is -2.46. The smallest absolute Gasteiger partial charge is 0.324 e. The van der Waals surface area contributed by atoms with Crippen molar-refractivity contribution in [2.24, 2.45) is 5.92 Å². The molecular weight excluding hydrogens is 767 g/mol. The number of nitrogens with one attached hydrogen (secondary N) is 1. The Morgan fingerprint density at radius 3 is 2.05 bits per heavy atom. The number of nitrogens with zero attached hydrogens (tertiary/aromatic N) is 2. The van der Waals surface area contributed by atoms with Gasteiger partial charge in [0.1, 0.15) is 35.7 Å². The molecular formula is C51H49N3O7. The van der Waals surface area contributed by atoms with Crippen molar-refractivity contribution in [1.82, 2.24) is 9.80 Å². The number of carbonyl (C=O) groups excluding carboxylic acids is 3. The first kappa shape index (κ1) is 40.0. The molecule has 6 atom stereocenters. The summed E-state index contributed by atoms with van der Waals surface area (Å²) in [4.78, 5) is 50.6.